The van der Waals surface area contributed by atoms with Crippen LogP contribution in [-0.4, -0.2) is 28.0 Å². The minimum absolute atomic E-state index is 0.271. The van der Waals surface area contributed by atoms with Gasteiger partial charge in [-0.15, -0.1) is 0 Å². The number of anilines is 1. The van der Waals surface area contributed by atoms with E-state index >= 15 is 0 Å². The SMILES string of the molecule is Cc1cc(-c2cc(F)c[nH]c2=O)c2ncc(N3CCC(C)CC3)nc2c1. The van der Waals surface area contributed by atoms with Gasteiger partial charge in [-0.05, 0) is 49.4 Å². The van der Waals surface area contributed by atoms with Crippen molar-refractivity contribution in [1.82, 2.24) is 15.0 Å². The maximum Gasteiger partial charge on any atom is 0.256 e. The first-order chi connectivity index (χ1) is 12.5. The van der Waals surface area contributed by atoms with E-state index in [2.05, 4.69) is 21.8 Å². The molecule has 0 bridgehead atoms. The van der Waals surface area contributed by atoms with E-state index in [0.29, 0.717) is 11.1 Å². The Bertz CT molecular complexity index is 1020. The summed E-state index contributed by atoms with van der Waals surface area (Å²) in [6.45, 7) is 6.16. The number of hydrogen-bond acceptors (Lipinski definition) is 4. The molecule has 26 heavy (non-hydrogen) atoms. The zero-order valence-electron chi connectivity index (χ0n) is 14.9. The summed E-state index contributed by atoms with van der Waals surface area (Å²) in [5, 5.41) is 0. The number of nitrogens with one attached hydrogen (secondary N) is 1. The third kappa shape index (κ3) is 3.07. The third-order valence-electron chi connectivity index (χ3n) is 5.04. The lowest BCUT2D eigenvalue weighted by Gasteiger charge is -2.31. The molecule has 3 aromatic rings. The van der Waals surface area contributed by atoms with Crippen LogP contribution in [0.15, 0.2) is 35.4 Å². The molecule has 0 amide bonds. The number of aryl methyl sites for hydroxylation is 1. The molecular formula is C20H21FN4O. The summed E-state index contributed by atoms with van der Waals surface area (Å²) in [7, 11) is 0. The molecule has 1 aliphatic rings. The summed E-state index contributed by atoms with van der Waals surface area (Å²) >= 11 is 0. The number of aromatic amines is 1. The molecule has 2 aromatic heterocycles. The van der Waals surface area contributed by atoms with E-state index in [1.54, 1.807) is 6.20 Å². The van der Waals surface area contributed by atoms with E-state index in [1.807, 2.05) is 19.1 Å². The fraction of sp³-hybridized carbons (Fsp3) is 0.350. The zero-order valence-corrected chi connectivity index (χ0v) is 14.9. The average Bonchev–Trinajstić information content (AvgIpc) is 2.63. The second kappa shape index (κ2) is 6.52. The van der Waals surface area contributed by atoms with Gasteiger partial charge in [0, 0.05) is 24.8 Å². The lowest BCUT2D eigenvalue weighted by Crippen LogP contribution is -2.33. The van der Waals surface area contributed by atoms with Crippen LogP contribution in [0.2, 0.25) is 0 Å². The van der Waals surface area contributed by atoms with E-state index in [4.69, 9.17) is 4.98 Å². The van der Waals surface area contributed by atoms with Gasteiger partial charge in [0.25, 0.3) is 5.56 Å². The Hall–Kier alpha value is -2.76. The standard InChI is InChI=1S/C20H21FN4O/c1-12-3-5-25(6-4-12)18-11-22-19-15(7-13(2)8-17(19)24-18)16-9-14(21)10-23-20(16)26/h7-12H,3-6H2,1-2H3,(H,23,26). The van der Waals surface area contributed by atoms with Crippen molar-refractivity contribution < 1.29 is 4.39 Å². The Morgan fingerprint density at radius 1 is 1.19 bits per heavy atom. The van der Waals surface area contributed by atoms with Gasteiger partial charge in [0.15, 0.2) is 0 Å². The van der Waals surface area contributed by atoms with Crippen molar-refractivity contribution in [3.05, 3.63) is 52.3 Å². The number of piperidine rings is 1. The smallest absolute Gasteiger partial charge is 0.256 e. The summed E-state index contributed by atoms with van der Waals surface area (Å²) in [6.07, 6.45) is 5.12. The van der Waals surface area contributed by atoms with Crippen molar-refractivity contribution in [2.45, 2.75) is 26.7 Å². The topological polar surface area (TPSA) is 61.9 Å². The highest BCUT2D eigenvalue weighted by molar-refractivity contribution is 5.92. The zero-order chi connectivity index (χ0) is 18.3. The molecule has 134 valence electrons. The lowest BCUT2D eigenvalue weighted by molar-refractivity contribution is 0.436. The van der Waals surface area contributed by atoms with Crippen LogP contribution >= 0.6 is 0 Å². The predicted molar refractivity (Wildman–Crippen MR) is 101 cm³/mol. The van der Waals surface area contributed by atoms with Gasteiger partial charge < -0.3 is 9.88 Å². The monoisotopic (exact) mass is 352 g/mol. The second-order valence-electron chi connectivity index (χ2n) is 7.14. The molecular weight excluding hydrogens is 331 g/mol. The Morgan fingerprint density at radius 2 is 1.96 bits per heavy atom. The number of pyridine rings is 1. The van der Waals surface area contributed by atoms with Gasteiger partial charge in [-0.3, -0.25) is 9.78 Å². The van der Waals surface area contributed by atoms with Gasteiger partial charge in [0.05, 0.1) is 22.8 Å². The fourth-order valence-electron chi connectivity index (χ4n) is 3.51. The largest absolute Gasteiger partial charge is 0.355 e. The minimum atomic E-state index is -0.485. The highest BCUT2D eigenvalue weighted by Crippen LogP contribution is 2.28. The van der Waals surface area contributed by atoms with Crippen LogP contribution in [0, 0.1) is 18.7 Å². The Labute approximate surface area is 150 Å². The van der Waals surface area contributed by atoms with E-state index in [1.165, 1.54) is 6.07 Å². The summed E-state index contributed by atoms with van der Waals surface area (Å²) < 4.78 is 13.7. The van der Waals surface area contributed by atoms with E-state index in [0.717, 1.165) is 54.9 Å². The molecule has 0 unspecified atom stereocenters. The molecule has 0 spiro atoms. The van der Waals surface area contributed by atoms with Gasteiger partial charge in [0.1, 0.15) is 11.6 Å². The quantitative estimate of drug-likeness (QED) is 0.764. The van der Waals surface area contributed by atoms with Crippen molar-refractivity contribution in [3.63, 3.8) is 0 Å². The molecule has 1 N–H and O–H groups in total. The molecule has 3 heterocycles. The highest BCUT2D eigenvalue weighted by atomic mass is 19.1. The summed E-state index contributed by atoms with van der Waals surface area (Å²) in [5.74, 6) is 1.11. The molecule has 4 rings (SSSR count). The molecule has 1 aliphatic heterocycles. The summed E-state index contributed by atoms with van der Waals surface area (Å²) in [6, 6.07) is 5.05. The van der Waals surface area contributed by atoms with Crippen LogP contribution in [0.1, 0.15) is 25.3 Å². The molecule has 0 aliphatic carbocycles. The fourth-order valence-corrected chi connectivity index (χ4v) is 3.51. The molecule has 0 radical (unpaired) electrons. The minimum Gasteiger partial charge on any atom is -0.355 e. The van der Waals surface area contributed by atoms with Crippen LogP contribution in [0.4, 0.5) is 10.2 Å². The van der Waals surface area contributed by atoms with Crippen LogP contribution < -0.4 is 10.5 Å². The second-order valence-corrected chi connectivity index (χ2v) is 7.14. The number of rotatable bonds is 2. The van der Waals surface area contributed by atoms with Crippen molar-refractivity contribution in [3.8, 4) is 11.1 Å². The Balaban J connectivity index is 1.83. The maximum atomic E-state index is 13.7. The number of aromatic nitrogens is 3. The number of hydrogen-bond donors (Lipinski definition) is 1. The van der Waals surface area contributed by atoms with Crippen molar-refractivity contribution >= 4 is 16.9 Å². The van der Waals surface area contributed by atoms with Crippen LogP contribution in [0.5, 0.6) is 0 Å². The number of H-pyrrole nitrogens is 1. The first kappa shape index (κ1) is 16.7. The van der Waals surface area contributed by atoms with Gasteiger partial charge in [-0.25, -0.2) is 9.37 Å². The Morgan fingerprint density at radius 3 is 2.73 bits per heavy atom. The summed E-state index contributed by atoms with van der Waals surface area (Å²) in [5.41, 5.74) is 2.82. The van der Waals surface area contributed by atoms with Gasteiger partial charge in [0.2, 0.25) is 0 Å². The third-order valence-corrected chi connectivity index (χ3v) is 5.04. The maximum absolute atomic E-state index is 13.7. The van der Waals surface area contributed by atoms with Crippen LogP contribution in [-0.2, 0) is 0 Å². The molecule has 5 nitrogen and oxygen atoms in total. The van der Waals surface area contributed by atoms with E-state index in [9.17, 15) is 9.18 Å². The van der Waals surface area contributed by atoms with E-state index < -0.39 is 5.82 Å². The Kier molecular flexibility index (Phi) is 4.18. The molecule has 1 aromatic carbocycles. The number of benzene rings is 1. The lowest BCUT2D eigenvalue weighted by atomic mass is 9.99. The molecule has 1 fully saturated rings. The van der Waals surface area contributed by atoms with Gasteiger partial charge >= 0.3 is 0 Å². The molecule has 0 saturated carbocycles. The number of fused-ring (bicyclic) bond motifs is 1. The van der Waals surface area contributed by atoms with Gasteiger partial charge in [-0.1, -0.05) is 6.92 Å². The van der Waals surface area contributed by atoms with Crippen LogP contribution in [0.25, 0.3) is 22.2 Å². The predicted octanol–water partition coefficient (Wildman–Crippen LogP) is 3.67. The van der Waals surface area contributed by atoms with Crippen molar-refractivity contribution in [1.29, 1.82) is 0 Å². The van der Waals surface area contributed by atoms with Crippen molar-refractivity contribution in [2.75, 3.05) is 18.0 Å². The van der Waals surface area contributed by atoms with Crippen molar-refractivity contribution in [2.24, 2.45) is 5.92 Å². The van der Waals surface area contributed by atoms with E-state index in [-0.39, 0.29) is 11.1 Å². The van der Waals surface area contributed by atoms with Gasteiger partial charge in [-0.2, -0.15) is 0 Å². The highest BCUT2D eigenvalue weighted by Gasteiger charge is 2.19. The van der Waals surface area contributed by atoms with Crippen LogP contribution in [0.3, 0.4) is 0 Å². The number of nitrogens with zero attached hydrogens (tertiary/aromatic N) is 3. The molecule has 0 atom stereocenters. The molecule has 1 saturated heterocycles. The average molecular weight is 352 g/mol. The summed E-state index contributed by atoms with van der Waals surface area (Å²) in [4.78, 5) is 26.2. The number of halogens is 1. The first-order valence-corrected chi connectivity index (χ1v) is 8.92. The molecule has 6 heteroatoms. The normalized spacial score (nSPS) is 15.6. The first-order valence-electron chi connectivity index (χ1n) is 8.92.